The quantitative estimate of drug-likeness (QED) is 0.338. The van der Waals surface area contributed by atoms with E-state index in [1.807, 2.05) is 12.1 Å². The van der Waals surface area contributed by atoms with Crippen LogP contribution in [0.4, 0.5) is 11.4 Å². The van der Waals surface area contributed by atoms with E-state index < -0.39 is 11.9 Å². The number of methoxy groups -OCH3 is 1. The van der Waals surface area contributed by atoms with E-state index in [0.29, 0.717) is 11.4 Å². The fourth-order valence-electron chi connectivity index (χ4n) is 2.08. The van der Waals surface area contributed by atoms with E-state index in [-0.39, 0.29) is 18.8 Å². The monoisotopic (exact) mass is 356 g/mol. The molecule has 2 aromatic carbocycles. The average molecular weight is 356 g/mol. The minimum Gasteiger partial charge on any atom is -0.497 e. The maximum Gasteiger partial charge on any atom is 0.338 e. The molecule has 7 heteroatoms. The van der Waals surface area contributed by atoms with Crippen molar-refractivity contribution in [1.29, 1.82) is 0 Å². The Hall–Kier alpha value is -3.48. The largest absolute Gasteiger partial charge is 0.497 e. The number of nitrogen functional groups attached to an aromatic ring is 2. The van der Waals surface area contributed by atoms with Crippen LogP contribution in [0, 0.1) is 0 Å². The van der Waals surface area contributed by atoms with Crippen LogP contribution in [0.25, 0.3) is 6.08 Å². The van der Waals surface area contributed by atoms with Crippen LogP contribution in [-0.4, -0.2) is 32.3 Å². The first-order valence-electron chi connectivity index (χ1n) is 7.80. The number of benzene rings is 2. The third-order valence-electron chi connectivity index (χ3n) is 3.30. The van der Waals surface area contributed by atoms with Gasteiger partial charge in [-0.1, -0.05) is 12.1 Å². The van der Waals surface area contributed by atoms with Gasteiger partial charge in [0.2, 0.25) is 0 Å². The summed E-state index contributed by atoms with van der Waals surface area (Å²) in [6, 6.07) is 11.6. The van der Waals surface area contributed by atoms with Gasteiger partial charge >= 0.3 is 11.9 Å². The molecule has 0 aliphatic heterocycles. The highest BCUT2D eigenvalue weighted by atomic mass is 16.6. The lowest BCUT2D eigenvalue weighted by molar-refractivity contribution is -0.138. The number of carbonyl (C=O) groups is 2. The summed E-state index contributed by atoms with van der Waals surface area (Å²) in [5.41, 5.74) is 13.0. The normalized spacial score (nSPS) is 10.5. The summed E-state index contributed by atoms with van der Waals surface area (Å²) in [4.78, 5) is 23.5. The van der Waals surface area contributed by atoms with Crippen molar-refractivity contribution in [2.24, 2.45) is 0 Å². The van der Waals surface area contributed by atoms with Crippen LogP contribution < -0.4 is 16.2 Å². The van der Waals surface area contributed by atoms with Crippen LogP contribution in [0.15, 0.2) is 48.5 Å². The molecule has 0 bridgehead atoms. The highest BCUT2D eigenvalue weighted by Gasteiger charge is 2.09. The first-order valence-corrected chi connectivity index (χ1v) is 7.80. The van der Waals surface area contributed by atoms with Crippen LogP contribution in [0.2, 0.25) is 0 Å². The van der Waals surface area contributed by atoms with Gasteiger partial charge in [0.05, 0.1) is 12.7 Å². The summed E-state index contributed by atoms with van der Waals surface area (Å²) in [6.45, 7) is -0.134. The van der Waals surface area contributed by atoms with Crippen molar-refractivity contribution in [3.63, 3.8) is 0 Å². The topological polar surface area (TPSA) is 114 Å². The van der Waals surface area contributed by atoms with E-state index in [1.54, 1.807) is 25.3 Å². The van der Waals surface area contributed by atoms with Gasteiger partial charge in [0.25, 0.3) is 0 Å². The number of carbonyl (C=O) groups excluding carboxylic acids is 2. The van der Waals surface area contributed by atoms with Crippen molar-refractivity contribution in [3.8, 4) is 5.75 Å². The Labute approximate surface area is 151 Å². The Morgan fingerprint density at radius 1 is 0.962 bits per heavy atom. The van der Waals surface area contributed by atoms with Gasteiger partial charge in [-0.05, 0) is 42.0 Å². The third-order valence-corrected chi connectivity index (χ3v) is 3.30. The molecule has 2 rings (SSSR count). The molecule has 7 nitrogen and oxygen atoms in total. The Bertz CT molecular complexity index is 780. The molecule has 0 heterocycles. The predicted octanol–water partition coefficient (Wildman–Crippen LogP) is 2.27. The molecule has 0 aromatic heterocycles. The maximum absolute atomic E-state index is 11.9. The molecular formula is C19H20N2O5. The molecule has 0 saturated carbocycles. The second-order valence-corrected chi connectivity index (χ2v) is 5.30. The van der Waals surface area contributed by atoms with Crippen LogP contribution >= 0.6 is 0 Å². The fourth-order valence-corrected chi connectivity index (χ4v) is 2.08. The van der Waals surface area contributed by atoms with Crippen LogP contribution in [0.3, 0.4) is 0 Å². The smallest absolute Gasteiger partial charge is 0.338 e. The van der Waals surface area contributed by atoms with Gasteiger partial charge in [-0.15, -0.1) is 0 Å². The second kappa shape index (κ2) is 9.12. The molecule has 0 saturated heterocycles. The van der Waals surface area contributed by atoms with Crippen LogP contribution in [0.1, 0.15) is 15.9 Å². The SMILES string of the molecule is COc1ccc(C=CC(=O)OCCOC(=O)c2cc(N)cc(N)c2)cc1. The van der Waals surface area contributed by atoms with Gasteiger partial charge in [-0.25, -0.2) is 9.59 Å². The van der Waals surface area contributed by atoms with Gasteiger partial charge in [0.1, 0.15) is 19.0 Å². The van der Waals surface area contributed by atoms with Crippen molar-refractivity contribution in [3.05, 3.63) is 59.7 Å². The molecule has 0 unspecified atom stereocenters. The van der Waals surface area contributed by atoms with E-state index in [4.69, 9.17) is 25.7 Å². The first kappa shape index (κ1) is 18.9. The number of ether oxygens (including phenoxy) is 3. The highest BCUT2D eigenvalue weighted by Crippen LogP contribution is 2.14. The van der Waals surface area contributed by atoms with E-state index >= 15 is 0 Å². The van der Waals surface area contributed by atoms with E-state index in [9.17, 15) is 9.59 Å². The number of nitrogens with two attached hydrogens (primary N) is 2. The number of hydrogen-bond acceptors (Lipinski definition) is 7. The molecule has 0 amide bonds. The summed E-state index contributed by atoms with van der Waals surface area (Å²) in [5.74, 6) is -0.396. The molecule has 2 aromatic rings. The van der Waals surface area contributed by atoms with Crippen molar-refractivity contribution in [2.45, 2.75) is 0 Å². The number of esters is 2. The zero-order valence-electron chi connectivity index (χ0n) is 14.3. The lowest BCUT2D eigenvalue weighted by Gasteiger charge is -2.06. The minimum absolute atomic E-state index is 0.0602. The molecule has 4 N–H and O–H groups in total. The van der Waals surface area contributed by atoms with Gasteiger partial charge in [0, 0.05) is 17.5 Å². The third kappa shape index (κ3) is 5.86. The zero-order chi connectivity index (χ0) is 18.9. The van der Waals surface area contributed by atoms with Gasteiger partial charge in [0.15, 0.2) is 0 Å². The Balaban J connectivity index is 1.73. The zero-order valence-corrected chi connectivity index (χ0v) is 14.3. The summed E-state index contributed by atoms with van der Waals surface area (Å²) in [6.07, 6.45) is 2.91. The Morgan fingerprint density at radius 3 is 2.19 bits per heavy atom. The molecule has 0 aliphatic rings. The second-order valence-electron chi connectivity index (χ2n) is 5.30. The van der Waals surface area contributed by atoms with Crippen molar-refractivity contribution >= 4 is 29.4 Å². The van der Waals surface area contributed by atoms with E-state index in [1.165, 1.54) is 24.3 Å². The van der Waals surface area contributed by atoms with E-state index in [2.05, 4.69) is 0 Å². The highest BCUT2D eigenvalue weighted by molar-refractivity contribution is 5.91. The first-order chi connectivity index (χ1) is 12.5. The average Bonchev–Trinajstić information content (AvgIpc) is 2.63. The van der Waals surface area contributed by atoms with Crippen molar-refractivity contribution < 1.29 is 23.8 Å². The maximum atomic E-state index is 11.9. The molecule has 26 heavy (non-hydrogen) atoms. The summed E-state index contributed by atoms with van der Waals surface area (Å²) in [5, 5.41) is 0. The van der Waals surface area contributed by atoms with Crippen molar-refractivity contribution in [1.82, 2.24) is 0 Å². The molecule has 0 aliphatic carbocycles. The molecule has 0 fully saturated rings. The summed E-state index contributed by atoms with van der Waals surface area (Å²) < 4.78 is 15.0. The molecule has 0 spiro atoms. The summed E-state index contributed by atoms with van der Waals surface area (Å²) in [7, 11) is 1.58. The van der Waals surface area contributed by atoms with Gasteiger partial charge in [-0.2, -0.15) is 0 Å². The Morgan fingerprint density at radius 2 is 1.58 bits per heavy atom. The van der Waals surface area contributed by atoms with E-state index in [0.717, 1.165) is 11.3 Å². The summed E-state index contributed by atoms with van der Waals surface area (Å²) >= 11 is 0. The standard InChI is InChI=1S/C19H20N2O5/c1-24-17-5-2-13(3-6-17)4-7-18(22)25-8-9-26-19(23)14-10-15(20)12-16(21)11-14/h2-7,10-12H,8-9,20-21H2,1H3. The minimum atomic E-state index is -0.589. The molecule has 0 radical (unpaired) electrons. The lowest BCUT2D eigenvalue weighted by atomic mass is 10.2. The lowest BCUT2D eigenvalue weighted by Crippen LogP contribution is -2.13. The van der Waals surface area contributed by atoms with Gasteiger partial charge < -0.3 is 25.7 Å². The predicted molar refractivity (Wildman–Crippen MR) is 98.5 cm³/mol. The number of anilines is 2. The Kier molecular flexibility index (Phi) is 6.61. The number of hydrogen-bond donors (Lipinski definition) is 2. The molecular weight excluding hydrogens is 336 g/mol. The van der Waals surface area contributed by atoms with Crippen LogP contribution in [0.5, 0.6) is 5.75 Å². The van der Waals surface area contributed by atoms with Crippen molar-refractivity contribution in [2.75, 3.05) is 31.8 Å². The molecule has 0 atom stereocenters. The molecule has 136 valence electrons. The number of rotatable bonds is 7. The van der Waals surface area contributed by atoms with Gasteiger partial charge in [-0.3, -0.25) is 0 Å². The van der Waals surface area contributed by atoms with Crippen LogP contribution in [-0.2, 0) is 14.3 Å². The fraction of sp³-hybridized carbons (Fsp3) is 0.158.